The lowest BCUT2D eigenvalue weighted by Gasteiger charge is -2.34. The molecule has 0 aliphatic carbocycles. The molecule has 0 unspecified atom stereocenters. The summed E-state index contributed by atoms with van der Waals surface area (Å²) in [7, 11) is 0. The van der Waals surface area contributed by atoms with Crippen molar-refractivity contribution < 1.29 is 5.11 Å². The second-order valence-corrected chi connectivity index (χ2v) is 6.10. The van der Waals surface area contributed by atoms with Crippen molar-refractivity contribution in [2.45, 2.75) is 25.8 Å². The Balaban J connectivity index is 1.43. The van der Waals surface area contributed by atoms with Gasteiger partial charge in [-0.3, -0.25) is 4.90 Å². The number of fused-ring (bicyclic) bond motifs is 1. The number of rotatable bonds is 7. The monoisotopic (exact) mass is 302 g/mol. The summed E-state index contributed by atoms with van der Waals surface area (Å²) < 4.78 is 2.09. The largest absolute Gasteiger partial charge is 0.396 e. The zero-order valence-corrected chi connectivity index (χ0v) is 13.2. The molecule has 5 nitrogen and oxygen atoms in total. The van der Waals surface area contributed by atoms with E-state index in [9.17, 15) is 0 Å². The number of piperazine rings is 1. The summed E-state index contributed by atoms with van der Waals surface area (Å²) in [5.41, 5.74) is 2.18. The lowest BCUT2D eigenvalue weighted by molar-refractivity contribution is 0.124. The summed E-state index contributed by atoms with van der Waals surface area (Å²) in [6.45, 7) is 6.97. The van der Waals surface area contributed by atoms with Crippen LogP contribution in [0.2, 0.25) is 0 Å². The van der Waals surface area contributed by atoms with E-state index in [1.165, 1.54) is 13.0 Å². The standard InChI is InChI=1S/C17H26N4O/c22-13-5-1-3-7-19-9-11-20(12-10-19)14-16-15-21-8-4-2-6-17(21)18-16/h2,4,6,8,15,22H,1,3,5,7,9-14H2. The van der Waals surface area contributed by atoms with E-state index in [1.807, 2.05) is 18.2 Å². The summed E-state index contributed by atoms with van der Waals surface area (Å²) in [5.74, 6) is 0. The van der Waals surface area contributed by atoms with Crippen molar-refractivity contribution in [2.75, 3.05) is 39.3 Å². The van der Waals surface area contributed by atoms with E-state index in [-0.39, 0.29) is 0 Å². The highest BCUT2D eigenvalue weighted by molar-refractivity contribution is 5.39. The highest BCUT2D eigenvalue weighted by Gasteiger charge is 2.17. The number of imidazole rings is 1. The van der Waals surface area contributed by atoms with E-state index in [1.54, 1.807) is 0 Å². The molecular weight excluding hydrogens is 276 g/mol. The van der Waals surface area contributed by atoms with Crippen LogP contribution in [0.5, 0.6) is 0 Å². The van der Waals surface area contributed by atoms with Gasteiger partial charge < -0.3 is 14.4 Å². The molecule has 120 valence electrons. The molecule has 22 heavy (non-hydrogen) atoms. The Kier molecular flexibility index (Phi) is 5.43. The molecule has 0 amide bonds. The third kappa shape index (κ3) is 4.06. The van der Waals surface area contributed by atoms with Gasteiger partial charge in [0.15, 0.2) is 0 Å². The van der Waals surface area contributed by atoms with E-state index in [4.69, 9.17) is 5.11 Å². The van der Waals surface area contributed by atoms with Crippen molar-refractivity contribution in [3.8, 4) is 0 Å². The van der Waals surface area contributed by atoms with Crippen LogP contribution in [0, 0.1) is 0 Å². The molecule has 0 spiro atoms. The first-order valence-corrected chi connectivity index (χ1v) is 8.33. The number of aliphatic hydroxyl groups is 1. The first kappa shape index (κ1) is 15.5. The van der Waals surface area contributed by atoms with Gasteiger partial charge in [0.1, 0.15) is 5.65 Å². The topological polar surface area (TPSA) is 44.0 Å². The lowest BCUT2D eigenvalue weighted by Crippen LogP contribution is -2.46. The molecule has 0 bridgehead atoms. The Bertz CT molecular complexity index is 542. The van der Waals surface area contributed by atoms with E-state index in [2.05, 4.69) is 31.6 Å². The Morgan fingerprint density at radius 3 is 2.59 bits per heavy atom. The highest BCUT2D eigenvalue weighted by Crippen LogP contribution is 2.10. The van der Waals surface area contributed by atoms with E-state index >= 15 is 0 Å². The van der Waals surface area contributed by atoms with Crippen molar-refractivity contribution in [2.24, 2.45) is 0 Å². The van der Waals surface area contributed by atoms with Crippen LogP contribution >= 0.6 is 0 Å². The van der Waals surface area contributed by atoms with Crippen molar-refractivity contribution in [1.82, 2.24) is 19.2 Å². The van der Waals surface area contributed by atoms with Crippen LogP contribution in [0.3, 0.4) is 0 Å². The predicted octanol–water partition coefficient (Wildman–Crippen LogP) is 1.61. The zero-order valence-electron chi connectivity index (χ0n) is 13.2. The van der Waals surface area contributed by atoms with Crippen LogP contribution < -0.4 is 0 Å². The highest BCUT2D eigenvalue weighted by atomic mass is 16.2. The molecule has 3 heterocycles. The molecule has 1 saturated heterocycles. The SMILES string of the molecule is OCCCCCN1CCN(Cc2cn3ccccc3n2)CC1. The van der Waals surface area contributed by atoms with E-state index in [0.717, 1.165) is 56.9 Å². The predicted molar refractivity (Wildman–Crippen MR) is 87.8 cm³/mol. The number of pyridine rings is 1. The molecule has 5 heteroatoms. The van der Waals surface area contributed by atoms with Crippen LogP contribution in [-0.4, -0.2) is 63.6 Å². The van der Waals surface area contributed by atoms with Crippen LogP contribution in [0.15, 0.2) is 30.6 Å². The van der Waals surface area contributed by atoms with Gasteiger partial charge in [-0.15, -0.1) is 0 Å². The van der Waals surface area contributed by atoms with Gasteiger partial charge >= 0.3 is 0 Å². The number of aliphatic hydroxyl groups excluding tert-OH is 1. The average molecular weight is 302 g/mol. The fourth-order valence-corrected chi connectivity index (χ4v) is 3.09. The Hall–Kier alpha value is -1.43. The van der Waals surface area contributed by atoms with Crippen LogP contribution in [-0.2, 0) is 6.54 Å². The van der Waals surface area contributed by atoms with Gasteiger partial charge in [0.05, 0.1) is 5.69 Å². The molecule has 0 saturated carbocycles. The number of hydrogen-bond donors (Lipinski definition) is 1. The van der Waals surface area contributed by atoms with E-state index < -0.39 is 0 Å². The van der Waals surface area contributed by atoms with Gasteiger partial charge in [0, 0.05) is 51.7 Å². The Morgan fingerprint density at radius 2 is 1.82 bits per heavy atom. The van der Waals surface area contributed by atoms with Gasteiger partial charge in [0.2, 0.25) is 0 Å². The number of aromatic nitrogens is 2. The average Bonchev–Trinajstić information content (AvgIpc) is 2.95. The third-order valence-electron chi connectivity index (χ3n) is 4.40. The van der Waals surface area contributed by atoms with Gasteiger partial charge in [-0.1, -0.05) is 6.07 Å². The summed E-state index contributed by atoms with van der Waals surface area (Å²) >= 11 is 0. The Morgan fingerprint density at radius 1 is 1.00 bits per heavy atom. The van der Waals surface area contributed by atoms with Gasteiger partial charge in [-0.2, -0.15) is 0 Å². The quantitative estimate of drug-likeness (QED) is 0.789. The maximum atomic E-state index is 8.80. The molecule has 2 aromatic heterocycles. The maximum absolute atomic E-state index is 8.80. The summed E-state index contributed by atoms with van der Waals surface area (Å²) in [6.07, 6.45) is 7.46. The smallest absolute Gasteiger partial charge is 0.137 e. The molecule has 1 aliphatic heterocycles. The molecular formula is C17H26N4O. The molecule has 0 aromatic carbocycles. The molecule has 1 fully saturated rings. The van der Waals surface area contributed by atoms with Crippen LogP contribution in [0.25, 0.3) is 5.65 Å². The molecule has 3 rings (SSSR count). The van der Waals surface area contributed by atoms with Crippen molar-refractivity contribution in [3.05, 3.63) is 36.3 Å². The fourth-order valence-electron chi connectivity index (χ4n) is 3.09. The summed E-state index contributed by atoms with van der Waals surface area (Å²) in [6, 6.07) is 6.11. The second-order valence-electron chi connectivity index (χ2n) is 6.10. The minimum Gasteiger partial charge on any atom is -0.396 e. The fraction of sp³-hybridized carbons (Fsp3) is 0.588. The zero-order chi connectivity index (χ0) is 15.2. The van der Waals surface area contributed by atoms with E-state index in [0.29, 0.717) is 6.61 Å². The van der Waals surface area contributed by atoms with Crippen LogP contribution in [0.1, 0.15) is 25.0 Å². The van der Waals surface area contributed by atoms with Crippen molar-refractivity contribution in [3.63, 3.8) is 0 Å². The van der Waals surface area contributed by atoms with Crippen LogP contribution in [0.4, 0.5) is 0 Å². The number of unbranched alkanes of at least 4 members (excludes halogenated alkanes) is 2. The summed E-state index contributed by atoms with van der Waals surface area (Å²) in [4.78, 5) is 9.71. The minimum atomic E-state index is 0.326. The maximum Gasteiger partial charge on any atom is 0.137 e. The van der Waals surface area contributed by atoms with Gasteiger partial charge in [-0.25, -0.2) is 4.98 Å². The molecule has 1 aliphatic rings. The number of nitrogens with zero attached hydrogens (tertiary/aromatic N) is 4. The van der Waals surface area contributed by atoms with Crippen molar-refractivity contribution in [1.29, 1.82) is 0 Å². The van der Waals surface area contributed by atoms with Gasteiger partial charge in [0.25, 0.3) is 0 Å². The van der Waals surface area contributed by atoms with Crippen molar-refractivity contribution >= 4 is 5.65 Å². The first-order chi connectivity index (χ1) is 10.8. The Labute approximate surface area is 132 Å². The number of hydrogen-bond acceptors (Lipinski definition) is 4. The first-order valence-electron chi connectivity index (χ1n) is 8.33. The summed E-state index contributed by atoms with van der Waals surface area (Å²) in [5, 5.41) is 8.80. The second kappa shape index (κ2) is 7.72. The molecule has 1 N–H and O–H groups in total. The third-order valence-corrected chi connectivity index (χ3v) is 4.40. The minimum absolute atomic E-state index is 0.326. The normalized spacial score (nSPS) is 17.3. The molecule has 2 aromatic rings. The molecule has 0 atom stereocenters. The lowest BCUT2D eigenvalue weighted by atomic mass is 10.2. The molecule has 0 radical (unpaired) electrons. The van der Waals surface area contributed by atoms with Gasteiger partial charge in [-0.05, 0) is 37.9 Å².